The molecular weight excluding hydrogens is 166 g/mol. The van der Waals surface area contributed by atoms with E-state index in [-0.39, 0.29) is 0 Å². The van der Waals surface area contributed by atoms with Crippen molar-refractivity contribution in [1.82, 2.24) is 0 Å². The van der Waals surface area contributed by atoms with Crippen LogP contribution < -0.4 is 5.32 Å². The van der Waals surface area contributed by atoms with Crippen molar-refractivity contribution in [2.24, 2.45) is 0 Å². The second kappa shape index (κ2) is 3.41. The van der Waals surface area contributed by atoms with Gasteiger partial charge in [0.05, 0.1) is 5.00 Å². The minimum atomic E-state index is 1.14. The van der Waals surface area contributed by atoms with Gasteiger partial charge in [0.2, 0.25) is 0 Å². The third kappa shape index (κ3) is 1.66. The fourth-order valence-electron chi connectivity index (χ4n) is 1.01. The molecule has 1 aromatic heterocycles. The summed E-state index contributed by atoms with van der Waals surface area (Å²) in [5, 5.41) is 6.54. The SMILES string of the molecule is c1ccc(Nc2cccs2)cc1. The second-order valence-electron chi connectivity index (χ2n) is 2.47. The lowest BCUT2D eigenvalue weighted by atomic mass is 10.3. The summed E-state index contributed by atoms with van der Waals surface area (Å²) in [7, 11) is 0. The molecule has 1 heterocycles. The smallest absolute Gasteiger partial charge is 0.0926 e. The minimum absolute atomic E-state index is 1.14. The van der Waals surface area contributed by atoms with Crippen LogP contribution in [0.25, 0.3) is 0 Å². The summed E-state index contributed by atoms with van der Waals surface area (Å²) in [6, 6.07) is 14.3. The van der Waals surface area contributed by atoms with Gasteiger partial charge in [0.25, 0.3) is 0 Å². The van der Waals surface area contributed by atoms with E-state index in [2.05, 4.69) is 28.9 Å². The van der Waals surface area contributed by atoms with E-state index in [4.69, 9.17) is 0 Å². The normalized spacial score (nSPS) is 9.67. The van der Waals surface area contributed by atoms with E-state index in [1.165, 1.54) is 5.00 Å². The van der Waals surface area contributed by atoms with Gasteiger partial charge >= 0.3 is 0 Å². The summed E-state index contributed by atoms with van der Waals surface area (Å²) in [4.78, 5) is 0. The molecule has 0 fully saturated rings. The first-order valence-electron chi connectivity index (χ1n) is 3.81. The summed E-state index contributed by atoms with van der Waals surface area (Å²) < 4.78 is 0. The topological polar surface area (TPSA) is 12.0 Å². The van der Waals surface area contributed by atoms with Crippen molar-refractivity contribution in [1.29, 1.82) is 0 Å². The number of nitrogens with one attached hydrogen (secondary N) is 1. The van der Waals surface area contributed by atoms with Crippen molar-refractivity contribution < 1.29 is 0 Å². The van der Waals surface area contributed by atoms with Gasteiger partial charge in [0.15, 0.2) is 0 Å². The number of benzene rings is 1. The number of hydrogen-bond donors (Lipinski definition) is 1. The number of rotatable bonds is 2. The van der Waals surface area contributed by atoms with Crippen LogP contribution >= 0.6 is 11.3 Å². The van der Waals surface area contributed by atoms with E-state index in [9.17, 15) is 0 Å². The van der Waals surface area contributed by atoms with Crippen molar-refractivity contribution in [2.45, 2.75) is 0 Å². The van der Waals surface area contributed by atoms with Crippen LogP contribution in [0.1, 0.15) is 0 Å². The van der Waals surface area contributed by atoms with Gasteiger partial charge in [0, 0.05) is 5.69 Å². The lowest BCUT2D eigenvalue weighted by Crippen LogP contribution is -1.84. The molecule has 0 bridgehead atoms. The Labute approximate surface area is 75.7 Å². The van der Waals surface area contributed by atoms with Gasteiger partial charge in [-0.15, -0.1) is 11.3 Å². The van der Waals surface area contributed by atoms with Crippen molar-refractivity contribution in [3.8, 4) is 0 Å². The molecule has 0 saturated heterocycles. The van der Waals surface area contributed by atoms with E-state index in [0.717, 1.165) is 5.69 Å². The maximum Gasteiger partial charge on any atom is 0.0926 e. The summed E-state index contributed by atoms with van der Waals surface area (Å²) in [5.74, 6) is 0. The standard InChI is InChI=1S/C10H9NS/c1-2-5-9(6-3-1)11-10-7-4-8-12-10/h1-8,11H. The van der Waals surface area contributed by atoms with Crippen LogP contribution in [-0.4, -0.2) is 0 Å². The third-order valence-corrected chi connectivity index (χ3v) is 2.35. The third-order valence-electron chi connectivity index (χ3n) is 1.56. The van der Waals surface area contributed by atoms with Crippen LogP contribution in [0, 0.1) is 0 Å². The van der Waals surface area contributed by atoms with Crippen LogP contribution in [0.3, 0.4) is 0 Å². The van der Waals surface area contributed by atoms with E-state index in [1.807, 2.05) is 24.3 Å². The van der Waals surface area contributed by atoms with Crippen molar-refractivity contribution in [2.75, 3.05) is 5.32 Å². The van der Waals surface area contributed by atoms with Gasteiger partial charge in [-0.05, 0) is 29.6 Å². The zero-order chi connectivity index (χ0) is 8.23. The minimum Gasteiger partial charge on any atom is -0.347 e. The monoisotopic (exact) mass is 175 g/mol. The maximum absolute atomic E-state index is 3.30. The van der Waals surface area contributed by atoms with Crippen molar-refractivity contribution in [3.05, 3.63) is 47.8 Å². The molecule has 0 unspecified atom stereocenters. The lowest BCUT2D eigenvalue weighted by Gasteiger charge is -2.00. The number of para-hydroxylation sites is 1. The van der Waals surface area contributed by atoms with Crippen LogP contribution in [0.4, 0.5) is 10.7 Å². The Kier molecular flexibility index (Phi) is 2.10. The first-order valence-corrected chi connectivity index (χ1v) is 4.69. The van der Waals surface area contributed by atoms with Crippen LogP contribution in [-0.2, 0) is 0 Å². The summed E-state index contributed by atoms with van der Waals surface area (Å²) in [5.41, 5.74) is 1.14. The van der Waals surface area contributed by atoms with Gasteiger partial charge in [0.1, 0.15) is 0 Å². The molecule has 1 aromatic carbocycles. The Morgan fingerprint density at radius 2 is 1.75 bits per heavy atom. The van der Waals surface area contributed by atoms with Crippen LogP contribution in [0.15, 0.2) is 47.8 Å². The Morgan fingerprint density at radius 1 is 0.917 bits per heavy atom. The fourth-order valence-corrected chi connectivity index (χ4v) is 1.65. The number of thiophene rings is 1. The second-order valence-corrected chi connectivity index (χ2v) is 3.42. The van der Waals surface area contributed by atoms with Gasteiger partial charge in [-0.3, -0.25) is 0 Å². The molecule has 2 rings (SSSR count). The van der Waals surface area contributed by atoms with Gasteiger partial charge in [-0.2, -0.15) is 0 Å². The Hall–Kier alpha value is -1.28. The fraction of sp³-hybridized carbons (Fsp3) is 0. The molecule has 2 aromatic rings. The zero-order valence-corrected chi connectivity index (χ0v) is 7.34. The molecule has 1 N–H and O–H groups in total. The molecule has 12 heavy (non-hydrogen) atoms. The largest absolute Gasteiger partial charge is 0.347 e. The van der Waals surface area contributed by atoms with E-state index < -0.39 is 0 Å². The van der Waals surface area contributed by atoms with Gasteiger partial charge in [-0.1, -0.05) is 18.2 Å². The molecule has 0 aliphatic heterocycles. The molecule has 0 aliphatic rings. The highest BCUT2D eigenvalue weighted by atomic mass is 32.1. The molecule has 60 valence electrons. The average molecular weight is 175 g/mol. The first-order chi connectivity index (χ1) is 5.95. The quantitative estimate of drug-likeness (QED) is 0.736. The van der Waals surface area contributed by atoms with E-state index >= 15 is 0 Å². The Balaban J connectivity index is 2.15. The lowest BCUT2D eigenvalue weighted by molar-refractivity contribution is 1.61. The van der Waals surface area contributed by atoms with E-state index in [0.29, 0.717) is 0 Å². The predicted molar refractivity (Wildman–Crippen MR) is 54.0 cm³/mol. The van der Waals surface area contributed by atoms with Crippen LogP contribution in [0.5, 0.6) is 0 Å². The highest BCUT2D eigenvalue weighted by Crippen LogP contribution is 2.20. The van der Waals surface area contributed by atoms with Crippen molar-refractivity contribution in [3.63, 3.8) is 0 Å². The molecule has 0 atom stereocenters. The average Bonchev–Trinajstić information content (AvgIpc) is 2.59. The number of anilines is 2. The van der Waals surface area contributed by atoms with E-state index in [1.54, 1.807) is 11.3 Å². The number of hydrogen-bond acceptors (Lipinski definition) is 2. The highest BCUT2D eigenvalue weighted by molar-refractivity contribution is 7.14. The molecule has 0 aliphatic carbocycles. The molecule has 0 radical (unpaired) electrons. The summed E-state index contributed by atoms with van der Waals surface area (Å²) in [6.07, 6.45) is 0. The van der Waals surface area contributed by atoms with Crippen molar-refractivity contribution >= 4 is 22.0 Å². The maximum atomic E-state index is 3.30. The zero-order valence-electron chi connectivity index (χ0n) is 6.53. The highest BCUT2D eigenvalue weighted by Gasteiger charge is 1.91. The summed E-state index contributed by atoms with van der Waals surface area (Å²) >= 11 is 1.71. The van der Waals surface area contributed by atoms with Crippen LogP contribution in [0.2, 0.25) is 0 Å². The Bertz CT molecular complexity index is 326. The molecule has 1 nitrogen and oxygen atoms in total. The molecule has 0 saturated carbocycles. The predicted octanol–water partition coefficient (Wildman–Crippen LogP) is 3.49. The molecule has 2 heteroatoms. The van der Waals surface area contributed by atoms with Gasteiger partial charge < -0.3 is 5.32 Å². The molecule has 0 amide bonds. The Morgan fingerprint density at radius 3 is 2.42 bits per heavy atom. The molecular formula is C10H9NS. The van der Waals surface area contributed by atoms with Gasteiger partial charge in [-0.25, -0.2) is 0 Å². The molecule has 0 spiro atoms. The first kappa shape index (κ1) is 7.37. The summed E-state index contributed by atoms with van der Waals surface area (Å²) in [6.45, 7) is 0.